The molecule has 7 N–H and O–H groups in total. The highest BCUT2D eigenvalue weighted by molar-refractivity contribution is 5.70. The van der Waals surface area contributed by atoms with Crippen LogP contribution in [0.4, 0.5) is 0 Å². The molecule has 0 aromatic carbocycles. The molecule has 11 unspecified atom stereocenters. The molecule has 64 heavy (non-hydrogen) atoms. The number of aliphatic hydroxyl groups excluding tert-OH is 7. The second-order valence-corrected chi connectivity index (χ2v) is 17.6. The van der Waals surface area contributed by atoms with Crippen LogP contribution in [-0.4, -0.2) is 142 Å². The molecule has 11 atom stereocenters. The second-order valence-electron chi connectivity index (χ2n) is 17.6. The Bertz CT molecular complexity index is 1220. The third kappa shape index (κ3) is 25.2. The van der Waals surface area contributed by atoms with E-state index in [1.54, 1.807) is 0 Å². The molecule has 2 aliphatic rings. The van der Waals surface area contributed by atoms with Crippen molar-refractivity contribution >= 4 is 11.9 Å². The number of hydrogen-bond donors (Lipinski definition) is 7. The molecule has 2 fully saturated rings. The molecule has 0 aromatic rings. The SMILES string of the molecule is CCCCCCC/C=C\C/C=C\CCCCCCCCCCCC(=O)OC(COC(=O)CCCCCCCCC)COC1OC(COC2OC(CO)C(O)C(O)C2O)C(O)C(O)C1O. The minimum absolute atomic E-state index is 0.162. The zero-order valence-corrected chi connectivity index (χ0v) is 39.3. The summed E-state index contributed by atoms with van der Waals surface area (Å²) in [7, 11) is 0. The van der Waals surface area contributed by atoms with Gasteiger partial charge in [-0.1, -0.05) is 147 Å². The van der Waals surface area contributed by atoms with E-state index in [-0.39, 0.29) is 26.1 Å². The van der Waals surface area contributed by atoms with Gasteiger partial charge in [0.25, 0.3) is 0 Å². The summed E-state index contributed by atoms with van der Waals surface area (Å²) in [5, 5.41) is 71.9. The van der Waals surface area contributed by atoms with E-state index in [1.165, 1.54) is 77.0 Å². The number of rotatable bonds is 38. The summed E-state index contributed by atoms with van der Waals surface area (Å²) >= 11 is 0. The van der Waals surface area contributed by atoms with Crippen LogP contribution in [-0.2, 0) is 38.0 Å². The number of allylic oxidation sites excluding steroid dienone is 4. The Morgan fingerprint density at radius 3 is 1.45 bits per heavy atom. The van der Waals surface area contributed by atoms with Gasteiger partial charge in [0.1, 0.15) is 55.4 Å². The molecule has 2 saturated heterocycles. The van der Waals surface area contributed by atoms with Crippen molar-refractivity contribution in [3.8, 4) is 0 Å². The van der Waals surface area contributed by atoms with Crippen LogP contribution in [0.25, 0.3) is 0 Å². The Kier molecular flexibility index (Phi) is 33.6. The number of esters is 2. The van der Waals surface area contributed by atoms with Gasteiger partial charge in [0, 0.05) is 12.8 Å². The zero-order chi connectivity index (χ0) is 46.8. The van der Waals surface area contributed by atoms with Gasteiger partial charge in [-0.2, -0.15) is 0 Å². The molecule has 0 spiro atoms. The maximum Gasteiger partial charge on any atom is 0.306 e. The molecular weight excluding hydrogens is 829 g/mol. The van der Waals surface area contributed by atoms with Crippen LogP contribution in [0.15, 0.2) is 24.3 Å². The summed E-state index contributed by atoms with van der Waals surface area (Å²) in [5.41, 5.74) is 0. The van der Waals surface area contributed by atoms with Gasteiger partial charge in [-0.15, -0.1) is 0 Å². The number of ether oxygens (including phenoxy) is 6. The van der Waals surface area contributed by atoms with Crippen molar-refractivity contribution in [2.75, 3.05) is 26.4 Å². The van der Waals surface area contributed by atoms with E-state index in [2.05, 4.69) is 38.2 Å². The molecule has 0 aromatic heterocycles. The highest BCUT2D eigenvalue weighted by atomic mass is 16.7. The molecule has 374 valence electrons. The average molecular weight is 917 g/mol. The van der Waals surface area contributed by atoms with Crippen molar-refractivity contribution in [3.05, 3.63) is 24.3 Å². The lowest BCUT2D eigenvalue weighted by Crippen LogP contribution is -2.61. The van der Waals surface area contributed by atoms with Crippen molar-refractivity contribution in [1.82, 2.24) is 0 Å². The Hall–Kier alpha value is -2.02. The van der Waals surface area contributed by atoms with Gasteiger partial charge in [-0.25, -0.2) is 0 Å². The van der Waals surface area contributed by atoms with Crippen molar-refractivity contribution in [3.63, 3.8) is 0 Å². The monoisotopic (exact) mass is 917 g/mol. The third-order valence-electron chi connectivity index (χ3n) is 11.9. The van der Waals surface area contributed by atoms with Crippen molar-refractivity contribution in [2.24, 2.45) is 0 Å². The molecule has 15 heteroatoms. The first-order valence-electron chi connectivity index (χ1n) is 24.9. The molecule has 2 aliphatic heterocycles. The van der Waals surface area contributed by atoms with E-state index >= 15 is 0 Å². The lowest BCUT2D eigenvalue weighted by Gasteiger charge is -2.42. The van der Waals surface area contributed by atoms with Gasteiger partial charge < -0.3 is 64.2 Å². The van der Waals surface area contributed by atoms with Crippen molar-refractivity contribution < 1.29 is 73.8 Å². The lowest BCUT2D eigenvalue weighted by molar-refractivity contribution is -0.332. The first kappa shape index (κ1) is 58.1. The zero-order valence-electron chi connectivity index (χ0n) is 39.3. The summed E-state index contributed by atoms with van der Waals surface area (Å²) in [6.07, 6.45) is 19.6. The fourth-order valence-electron chi connectivity index (χ4n) is 7.78. The van der Waals surface area contributed by atoms with Crippen molar-refractivity contribution in [2.45, 2.75) is 248 Å². The Labute approximate surface area is 383 Å². The maximum atomic E-state index is 13.0. The van der Waals surface area contributed by atoms with Gasteiger partial charge in [0.2, 0.25) is 0 Å². The van der Waals surface area contributed by atoms with Crippen LogP contribution in [0, 0.1) is 0 Å². The molecule has 0 saturated carbocycles. The summed E-state index contributed by atoms with van der Waals surface area (Å²) < 4.78 is 33.4. The van der Waals surface area contributed by atoms with Gasteiger partial charge in [0.15, 0.2) is 18.7 Å². The van der Waals surface area contributed by atoms with Gasteiger partial charge >= 0.3 is 11.9 Å². The fraction of sp³-hybridized carbons (Fsp3) is 0.878. The molecule has 0 amide bonds. The van der Waals surface area contributed by atoms with E-state index in [1.807, 2.05) is 0 Å². The maximum absolute atomic E-state index is 13.0. The number of carbonyl (C=O) groups is 2. The van der Waals surface area contributed by atoms with E-state index in [4.69, 9.17) is 28.4 Å². The predicted octanol–water partition coefficient (Wildman–Crippen LogP) is 6.38. The molecule has 0 aliphatic carbocycles. The first-order valence-corrected chi connectivity index (χ1v) is 24.9. The van der Waals surface area contributed by atoms with E-state index in [9.17, 15) is 45.3 Å². The van der Waals surface area contributed by atoms with Crippen LogP contribution in [0.2, 0.25) is 0 Å². The average Bonchev–Trinajstić information content (AvgIpc) is 3.29. The van der Waals surface area contributed by atoms with Crippen molar-refractivity contribution in [1.29, 1.82) is 0 Å². The molecule has 2 heterocycles. The lowest BCUT2D eigenvalue weighted by atomic mass is 9.98. The first-order chi connectivity index (χ1) is 31.0. The Morgan fingerprint density at radius 1 is 0.500 bits per heavy atom. The van der Waals surface area contributed by atoms with Gasteiger partial charge in [-0.3, -0.25) is 9.59 Å². The summed E-state index contributed by atoms with van der Waals surface area (Å²) in [5.74, 6) is -0.933. The minimum Gasteiger partial charge on any atom is -0.462 e. The summed E-state index contributed by atoms with van der Waals surface area (Å²) in [6.45, 7) is 2.52. The second kappa shape index (κ2) is 37.0. The number of unbranched alkanes of at least 4 members (excludes halogenated alkanes) is 20. The largest absolute Gasteiger partial charge is 0.462 e. The molecule has 0 radical (unpaired) electrons. The van der Waals surface area contributed by atoms with Crippen LogP contribution >= 0.6 is 0 Å². The number of carbonyl (C=O) groups excluding carboxylic acids is 2. The van der Waals surface area contributed by atoms with Gasteiger partial charge in [-0.05, 0) is 44.9 Å². The summed E-state index contributed by atoms with van der Waals surface area (Å²) in [6, 6.07) is 0. The summed E-state index contributed by atoms with van der Waals surface area (Å²) in [4.78, 5) is 25.6. The van der Waals surface area contributed by atoms with Crippen LogP contribution in [0.5, 0.6) is 0 Å². The molecule has 15 nitrogen and oxygen atoms in total. The quantitative estimate of drug-likeness (QED) is 0.0203. The standard InChI is InChI=1S/C49H88O15/c1-3-5-7-9-11-12-13-14-15-16-17-18-19-20-21-22-23-24-26-28-30-32-41(52)62-37(34-59-40(51)31-29-27-25-10-8-6-4-2)35-60-48-47(58)45(56)43(54)39(64-48)36-61-49-46(57)44(55)42(53)38(33-50)63-49/h13-14,16-17,37-39,42-50,53-58H,3-12,15,18-36H2,1-2H3/b14-13-,17-16-. The highest BCUT2D eigenvalue weighted by Gasteiger charge is 2.47. The van der Waals surface area contributed by atoms with E-state index in [0.717, 1.165) is 64.2 Å². The minimum atomic E-state index is -1.76. The van der Waals surface area contributed by atoms with Gasteiger partial charge in [0.05, 0.1) is 19.8 Å². The highest BCUT2D eigenvalue weighted by Crippen LogP contribution is 2.26. The number of hydrogen-bond acceptors (Lipinski definition) is 15. The molecule has 2 rings (SSSR count). The Balaban J connectivity index is 1.76. The normalized spacial score (nSPS) is 26.8. The topological polar surface area (TPSA) is 231 Å². The fourth-order valence-corrected chi connectivity index (χ4v) is 7.78. The van der Waals surface area contributed by atoms with Crippen LogP contribution < -0.4 is 0 Å². The third-order valence-corrected chi connectivity index (χ3v) is 11.9. The predicted molar refractivity (Wildman–Crippen MR) is 243 cm³/mol. The molecular formula is C49H88O15. The van der Waals surface area contributed by atoms with E-state index in [0.29, 0.717) is 12.8 Å². The smallest absolute Gasteiger partial charge is 0.306 e. The Morgan fingerprint density at radius 2 is 0.938 bits per heavy atom. The molecule has 0 bridgehead atoms. The van der Waals surface area contributed by atoms with Crippen LogP contribution in [0.3, 0.4) is 0 Å². The number of aliphatic hydroxyl groups is 7. The van der Waals surface area contributed by atoms with E-state index < -0.39 is 92.7 Å². The van der Waals surface area contributed by atoms with Crippen LogP contribution in [0.1, 0.15) is 181 Å².